The molecule has 0 aromatic carbocycles. The van der Waals surface area contributed by atoms with Crippen molar-refractivity contribution in [3.05, 3.63) is 35.8 Å². The van der Waals surface area contributed by atoms with Gasteiger partial charge in [-0.15, -0.1) is 0 Å². The maximum Gasteiger partial charge on any atom is 0.0927 e. The molecule has 1 aliphatic heterocycles. The van der Waals surface area contributed by atoms with Crippen LogP contribution < -0.4 is 0 Å². The molecule has 1 saturated carbocycles. The van der Waals surface area contributed by atoms with Crippen molar-refractivity contribution in [3.63, 3.8) is 0 Å². The number of nitrogens with zero attached hydrogens (tertiary/aromatic N) is 3. The van der Waals surface area contributed by atoms with E-state index in [1.165, 1.54) is 42.6 Å². The number of rotatable bonds is 2. The minimum absolute atomic E-state index is 0.712. The van der Waals surface area contributed by atoms with Gasteiger partial charge in [0.1, 0.15) is 0 Å². The summed E-state index contributed by atoms with van der Waals surface area (Å²) in [5.41, 5.74) is 4.97. The van der Waals surface area contributed by atoms with Crippen LogP contribution in [0.3, 0.4) is 0 Å². The van der Waals surface area contributed by atoms with Crippen LogP contribution in [0.5, 0.6) is 0 Å². The number of hydrogen-bond donors (Lipinski definition) is 0. The summed E-state index contributed by atoms with van der Waals surface area (Å²) in [5.74, 6) is 0.712. The van der Waals surface area contributed by atoms with Gasteiger partial charge < -0.3 is 0 Å². The van der Waals surface area contributed by atoms with Crippen molar-refractivity contribution in [1.29, 1.82) is 0 Å². The molecule has 1 fully saturated rings. The first-order valence-electron chi connectivity index (χ1n) is 6.43. The molecule has 4 rings (SSSR count). The first-order valence-corrected chi connectivity index (χ1v) is 6.43. The number of pyridine rings is 1. The molecule has 3 heterocycles. The highest BCUT2D eigenvalue weighted by Gasteiger charge is 2.25. The van der Waals surface area contributed by atoms with Gasteiger partial charge in [-0.05, 0) is 43.9 Å². The molecule has 0 radical (unpaired) electrons. The number of aryl methyl sites for hydroxylation is 2. The van der Waals surface area contributed by atoms with E-state index >= 15 is 0 Å². The molecule has 0 N–H and O–H groups in total. The van der Waals surface area contributed by atoms with E-state index in [1.54, 1.807) is 0 Å². The highest BCUT2D eigenvalue weighted by molar-refractivity contribution is 5.60. The van der Waals surface area contributed by atoms with Crippen molar-refractivity contribution in [2.75, 3.05) is 0 Å². The van der Waals surface area contributed by atoms with Crippen LogP contribution in [0.25, 0.3) is 11.3 Å². The fourth-order valence-corrected chi connectivity index (χ4v) is 2.61. The predicted molar refractivity (Wildman–Crippen MR) is 65.8 cm³/mol. The zero-order valence-corrected chi connectivity index (χ0v) is 9.76. The predicted octanol–water partition coefficient (Wildman–Crippen LogP) is 2.77. The second kappa shape index (κ2) is 3.42. The summed E-state index contributed by atoms with van der Waals surface area (Å²) in [7, 11) is 0. The van der Waals surface area contributed by atoms with E-state index in [2.05, 4.69) is 33.0 Å². The Morgan fingerprint density at radius 3 is 3.00 bits per heavy atom. The number of fused-ring (bicyclic) bond motifs is 1. The summed E-state index contributed by atoms with van der Waals surface area (Å²) in [6, 6.07) is 6.53. The lowest BCUT2D eigenvalue weighted by Crippen LogP contribution is -1.94. The molecule has 86 valence electrons. The molecule has 2 aromatic heterocycles. The number of hydrogen-bond acceptors (Lipinski definition) is 2. The Labute approximate surface area is 100 Å². The average molecular weight is 225 g/mol. The van der Waals surface area contributed by atoms with Crippen LogP contribution in [0, 0.1) is 0 Å². The zero-order chi connectivity index (χ0) is 11.2. The molecule has 0 saturated heterocycles. The standard InChI is InChI=1S/C14H15N3/c1-2-12-9-14(16-17(12)7-1)11-5-6-15-13(8-11)10-3-4-10/h5-6,8-10H,1-4,7H2. The van der Waals surface area contributed by atoms with Gasteiger partial charge in [-0.25, -0.2) is 0 Å². The van der Waals surface area contributed by atoms with Gasteiger partial charge in [0.25, 0.3) is 0 Å². The van der Waals surface area contributed by atoms with Gasteiger partial charge >= 0.3 is 0 Å². The van der Waals surface area contributed by atoms with Gasteiger partial charge in [0.15, 0.2) is 0 Å². The Morgan fingerprint density at radius 1 is 1.24 bits per heavy atom. The summed E-state index contributed by atoms with van der Waals surface area (Å²) >= 11 is 0. The molecule has 2 aliphatic rings. The van der Waals surface area contributed by atoms with Crippen molar-refractivity contribution in [2.24, 2.45) is 0 Å². The van der Waals surface area contributed by atoms with E-state index in [-0.39, 0.29) is 0 Å². The third kappa shape index (κ3) is 1.57. The van der Waals surface area contributed by atoms with Gasteiger partial charge in [0.05, 0.1) is 5.69 Å². The van der Waals surface area contributed by atoms with Crippen molar-refractivity contribution < 1.29 is 0 Å². The Hall–Kier alpha value is -1.64. The third-order valence-corrected chi connectivity index (χ3v) is 3.74. The van der Waals surface area contributed by atoms with Gasteiger partial charge in [-0.2, -0.15) is 5.10 Å². The Balaban J connectivity index is 1.74. The topological polar surface area (TPSA) is 30.7 Å². The molecular weight excluding hydrogens is 210 g/mol. The lowest BCUT2D eigenvalue weighted by atomic mass is 10.1. The van der Waals surface area contributed by atoms with Crippen LogP contribution in [0.4, 0.5) is 0 Å². The Morgan fingerprint density at radius 2 is 2.18 bits per heavy atom. The van der Waals surface area contributed by atoms with E-state index in [0.29, 0.717) is 5.92 Å². The average Bonchev–Trinajstić information content (AvgIpc) is 2.98. The summed E-state index contributed by atoms with van der Waals surface area (Å²) in [6.07, 6.45) is 6.94. The lowest BCUT2D eigenvalue weighted by Gasteiger charge is -2.00. The molecular formula is C14H15N3. The molecule has 2 aromatic rings. The molecule has 0 unspecified atom stereocenters. The quantitative estimate of drug-likeness (QED) is 0.786. The van der Waals surface area contributed by atoms with Crippen LogP contribution in [0.2, 0.25) is 0 Å². The highest BCUT2D eigenvalue weighted by atomic mass is 15.3. The molecule has 3 heteroatoms. The molecule has 1 aliphatic carbocycles. The first-order chi connectivity index (χ1) is 8.40. The normalized spacial score (nSPS) is 18.4. The highest BCUT2D eigenvalue weighted by Crippen LogP contribution is 2.39. The maximum atomic E-state index is 4.67. The van der Waals surface area contributed by atoms with E-state index in [0.717, 1.165) is 12.2 Å². The van der Waals surface area contributed by atoms with Gasteiger partial charge in [0, 0.05) is 35.6 Å². The van der Waals surface area contributed by atoms with E-state index in [9.17, 15) is 0 Å². The minimum atomic E-state index is 0.712. The van der Waals surface area contributed by atoms with Crippen LogP contribution in [0.15, 0.2) is 24.4 Å². The maximum absolute atomic E-state index is 4.67. The van der Waals surface area contributed by atoms with Crippen LogP contribution in [0.1, 0.15) is 36.6 Å². The SMILES string of the molecule is c1cc(-c2cc3n(n2)CCC3)cc(C2CC2)n1. The van der Waals surface area contributed by atoms with Gasteiger partial charge in [-0.3, -0.25) is 9.67 Å². The Bertz CT molecular complexity index is 545. The van der Waals surface area contributed by atoms with Crippen molar-refractivity contribution in [2.45, 2.75) is 38.1 Å². The van der Waals surface area contributed by atoms with Crippen LogP contribution in [-0.4, -0.2) is 14.8 Å². The molecule has 0 bridgehead atoms. The van der Waals surface area contributed by atoms with E-state index in [4.69, 9.17) is 0 Å². The fourth-order valence-electron chi connectivity index (χ4n) is 2.61. The van der Waals surface area contributed by atoms with Gasteiger partial charge in [-0.1, -0.05) is 0 Å². The second-order valence-electron chi connectivity index (χ2n) is 5.09. The monoisotopic (exact) mass is 225 g/mol. The van der Waals surface area contributed by atoms with Crippen LogP contribution >= 0.6 is 0 Å². The van der Waals surface area contributed by atoms with E-state index < -0.39 is 0 Å². The fraction of sp³-hybridized carbons (Fsp3) is 0.429. The summed E-state index contributed by atoms with van der Waals surface area (Å²) < 4.78 is 2.15. The second-order valence-corrected chi connectivity index (χ2v) is 5.09. The summed E-state index contributed by atoms with van der Waals surface area (Å²) in [6.45, 7) is 1.08. The third-order valence-electron chi connectivity index (χ3n) is 3.74. The van der Waals surface area contributed by atoms with Crippen molar-refractivity contribution in [1.82, 2.24) is 14.8 Å². The van der Waals surface area contributed by atoms with Crippen molar-refractivity contribution >= 4 is 0 Å². The Kier molecular flexibility index (Phi) is 1.89. The smallest absolute Gasteiger partial charge is 0.0927 e. The molecule has 0 spiro atoms. The number of aromatic nitrogens is 3. The van der Waals surface area contributed by atoms with Crippen molar-refractivity contribution in [3.8, 4) is 11.3 Å². The first kappa shape index (κ1) is 9.40. The molecule has 0 amide bonds. The molecule has 0 atom stereocenters. The summed E-state index contributed by atoms with van der Waals surface area (Å²) in [4.78, 5) is 4.46. The molecule has 3 nitrogen and oxygen atoms in total. The molecule has 17 heavy (non-hydrogen) atoms. The summed E-state index contributed by atoms with van der Waals surface area (Å²) in [5, 5.41) is 4.67. The van der Waals surface area contributed by atoms with Gasteiger partial charge in [0.2, 0.25) is 0 Å². The van der Waals surface area contributed by atoms with E-state index in [1.807, 2.05) is 6.20 Å². The zero-order valence-electron chi connectivity index (χ0n) is 9.76. The lowest BCUT2D eigenvalue weighted by molar-refractivity contribution is 0.659. The minimum Gasteiger partial charge on any atom is -0.269 e. The largest absolute Gasteiger partial charge is 0.269 e. The van der Waals surface area contributed by atoms with Crippen LogP contribution in [-0.2, 0) is 13.0 Å².